The first-order valence-electron chi connectivity index (χ1n) is 8.24. The van der Waals surface area contributed by atoms with Crippen LogP contribution in [0.2, 0.25) is 0 Å². The molecule has 1 aromatic heterocycles. The van der Waals surface area contributed by atoms with Crippen LogP contribution in [0.4, 0.5) is 0 Å². The average molecular weight is 346 g/mol. The lowest BCUT2D eigenvalue weighted by molar-refractivity contribution is -0.118. The van der Waals surface area contributed by atoms with Gasteiger partial charge in [0, 0.05) is 12.6 Å². The second-order valence-corrected chi connectivity index (χ2v) is 6.73. The zero-order valence-electron chi connectivity index (χ0n) is 13.9. The van der Waals surface area contributed by atoms with Crippen molar-refractivity contribution in [2.75, 3.05) is 5.75 Å². The number of benzene rings is 1. The fourth-order valence-corrected chi connectivity index (χ4v) is 3.21. The van der Waals surface area contributed by atoms with Crippen molar-refractivity contribution in [3.63, 3.8) is 0 Å². The van der Waals surface area contributed by atoms with E-state index in [1.165, 1.54) is 11.8 Å². The molecule has 0 aliphatic heterocycles. The minimum absolute atomic E-state index is 0.0586. The van der Waals surface area contributed by atoms with Gasteiger partial charge in [-0.3, -0.25) is 4.79 Å². The van der Waals surface area contributed by atoms with Crippen LogP contribution in [-0.2, 0) is 11.3 Å². The Bertz CT molecular complexity index is 685. The summed E-state index contributed by atoms with van der Waals surface area (Å²) in [6.07, 6.45) is 1.98. The number of hydrogen-bond donors (Lipinski definition) is 1. The van der Waals surface area contributed by atoms with Crippen molar-refractivity contribution >= 4 is 17.7 Å². The summed E-state index contributed by atoms with van der Waals surface area (Å²) >= 11 is 1.42. The van der Waals surface area contributed by atoms with Gasteiger partial charge in [0.25, 0.3) is 0 Å². The zero-order chi connectivity index (χ0) is 16.9. The molecule has 6 nitrogen and oxygen atoms in total. The molecule has 7 heteroatoms. The molecular formula is C17H22N4O2S. The zero-order valence-corrected chi connectivity index (χ0v) is 14.8. The summed E-state index contributed by atoms with van der Waals surface area (Å²) in [7, 11) is 0. The van der Waals surface area contributed by atoms with Gasteiger partial charge in [0.1, 0.15) is 5.75 Å². The van der Waals surface area contributed by atoms with E-state index >= 15 is 0 Å². The van der Waals surface area contributed by atoms with Gasteiger partial charge in [0.2, 0.25) is 5.91 Å². The number of aromatic nitrogens is 3. The third kappa shape index (κ3) is 4.29. The number of carbonyl (C=O) groups is 1. The van der Waals surface area contributed by atoms with Crippen molar-refractivity contribution in [1.82, 2.24) is 20.1 Å². The third-order valence-corrected chi connectivity index (χ3v) is 4.72. The fraction of sp³-hybridized carbons (Fsp3) is 0.471. The first kappa shape index (κ1) is 16.8. The van der Waals surface area contributed by atoms with Crippen LogP contribution in [0.15, 0.2) is 35.5 Å². The predicted octanol–water partition coefficient (Wildman–Crippen LogP) is 2.81. The van der Waals surface area contributed by atoms with Crippen LogP contribution in [0, 0.1) is 0 Å². The van der Waals surface area contributed by atoms with E-state index in [1.807, 2.05) is 48.7 Å². The summed E-state index contributed by atoms with van der Waals surface area (Å²) in [5.41, 5.74) is 0. The molecule has 2 aromatic rings. The monoisotopic (exact) mass is 346 g/mol. The highest BCUT2D eigenvalue weighted by Gasteiger charge is 2.24. The SMILES string of the molecule is CCn1c(SCC(=O)NC2CC2)nnc1[C@H](C)Oc1ccccc1. The van der Waals surface area contributed by atoms with E-state index < -0.39 is 0 Å². The maximum absolute atomic E-state index is 11.8. The fourth-order valence-electron chi connectivity index (χ4n) is 2.39. The lowest BCUT2D eigenvalue weighted by atomic mass is 10.3. The lowest BCUT2D eigenvalue weighted by Crippen LogP contribution is -2.27. The van der Waals surface area contributed by atoms with Gasteiger partial charge in [-0.05, 0) is 38.8 Å². The summed E-state index contributed by atoms with van der Waals surface area (Å²) in [4.78, 5) is 11.8. The van der Waals surface area contributed by atoms with E-state index in [0.717, 1.165) is 36.1 Å². The third-order valence-electron chi connectivity index (χ3n) is 3.76. The van der Waals surface area contributed by atoms with Gasteiger partial charge < -0.3 is 14.6 Å². The molecule has 3 rings (SSSR count). The first-order valence-corrected chi connectivity index (χ1v) is 9.23. The van der Waals surface area contributed by atoms with Crippen LogP contribution in [0.25, 0.3) is 0 Å². The average Bonchev–Trinajstić information content (AvgIpc) is 3.29. The molecule has 1 saturated carbocycles. The predicted molar refractivity (Wildman–Crippen MR) is 93.1 cm³/mol. The number of ether oxygens (including phenoxy) is 1. The molecule has 0 saturated heterocycles. The highest BCUT2D eigenvalue weighted by atomic mass is 32.2. The molecule has 1 N–H and O–H groups in total. The number of nitrogens with one attached hydrogen (secondary N) is 1. The Kier molecular flexibility index (Phi) is 5.40. The topological polar surface area (TPSA) is 69.0 Å². The van der Waals surface area contributed by atoms with Gasteiger partial charge in [-0.1, -0.05) is 30.0 Å². The number of thioether (sulfide) groups is 1. The van der Waals surface area contributed by atoms with E-state index in [4.69, 9.17) is 4.74 Å². The van der Waals surface area contributed by atoms with Crippen LogP contribution in [0.3, 0.4) is 0 Å². The standard InChI is InChI=1S/C17H22N4O2S/c1-3-21-16(12(2)23-14-7-5-4-6-8-14)19-20-17(21)24-11-15(22)18-13-9-10-13/h4-8,12-13H,3,9-11H2,1-2H3,(H,18,22)/t12-/m0/s1. The first-order chi connectivity index (χ1) is 11.7. The number of hydrogen-bond acceptors (Lipinski definition) is 5. The molecule has 24 heavy (non-hydrogen) atoms. The molecule has 0 radical (unpaired) electrons. The van der Waals surface area contributed by atoms with Crippen LogP contribution >= 0.6 is 11.8 Å². The van der Waals surface area contributed by atoms with E-state index in [0.29, 0.717) is 11.8 Å². The quantitative estimate of drug-likeness (QED) is 0.744. The van der Waals surface area contributed by atoms with Crippen LogP contribution < -0.4 is 10.1 Å². The Morgan fingerprint density at radius 1 is 1.38 bits per heavy atom. The maximum atomic E-state index is 11.8. The second-order valence-electron chi connectivity index (χ2n) is 5.79. The summed E-state index contributed by atoms with van der Waals surface area (Å²) in [5.74, 6) is 1.99. The van der Waals surface area contributed by atoms with Gasteiger partial charge in [-0.25, -0.2) is 0 Å². The van der Waals surface area contributed by atoms with Crippen LogP contribution in [0.1, 0.15) is 38.6 Å². The number of rotatable bonds is 8. The van der Waals surface area contributed by atoms with Crippen molar-refractivity contribution in [3.8, 4) is 5.75 Å². The molecule has 128 valence electrons. The number of para-hydroxylation sites is 1. The Hall–Kier alpha value is -2.02. The van der Waals surface area contributed by atoms with Gasteiger partial charge in [0.05, 0.1) is 5.75 Å². The van der Waals surface area contributed by atoms with E-state index in [9.17, 15) is 4.79 Å². The number of carbonyl (C=O) groups excluding carboxylic acids is 1. The molecule has 1 heterocycles. The van der Waals surface area contributed by atoms with Crippen LogP contribution in [-0.4, -0.2) is 32.5 Å². The van der Waals surface area contributed by atoms with Crippen LogP contribution in [0.5, 0.6) is 5.75 Å². The molecular weight excluding hydrogens is 324 g/mol. The molecule has 1 aromatic carbocycles. The molecule has 1 aliphatic carbocycles. The molecule has 1 atom stereocenters. The number of nitrogens with zero attached hydrogens (tertiary/aromatic N) is 3. The largest absolute Gasteiger partial charge is 0.483 e. The molecule has 1 fully saturated rings. The van der Waals surface area contributed by atoms with Crippen molar-refractivity contribution in [2.45, 2.75) is 50.5 Å². The summed E-state index contributed by atoms with van der Waals surface area (Å²) in [6, 6.07) is 10.0. The second kappa shape index (κ2) is 7.70. The number of amides is 1. The highest BCUT2D eigenvalue weighted by molar-refractivity contribution is 7.99. The lowest BCUT2D eigenvalue weighted by Gasteiger charge is -2.15. The summed E-state index contributed by atoms with van der Waals surface area (Å²) < 4.78 is 7.93. The van der Waals surface area contributed by atoms with E-state index in [1.54, 1.807) is 0 Å². The van der Waals surface area contributed by atoms with Crippen molar-refractivity contribution < 1.29 is 9.53 Å². The molecule has 0 unspecified atom stereocenters. The minimum atomic E-state index is -0.213. The molecule has 1 aliphatic rings. The van der Waals surface area contributed by atoms with Gasteiger partial charge in [0.15, 0.2) is 17.1 Å². The Labute approximate surface area is 146 Å². The molecule has 1 amide bonds. The molecule has 0 spiro atoms. The highest BCUT2D eigenvalue weighted by Crippen LogP contribution is 2.25. The maximum Gasteiger partial charge on any atom is 0.230 e. The summed E-state index contributed by atoms with van der Waals surface area (Å²) in [5, 5.41) is 12.2. The summed E-state index contributed by atoms with van der Waals surface area (Å²) in [6.45, 7) is 4.73. The van der Waals surface area contributed by atoms with Crippen molar-refractivity contribution in [1.29, 1.82) is 0 Å². The Morgan fingerprint density at radius 3 is 2.79 bits per heavy atom. The minimum Gasteiger partial charge on any atom is -0.483 e. The normalized spacial score (nSPS) is 15.1. The van der Waals surface area contributed by atoms with Crippen molar-refractivity contribution in [2.24, 2.45) is 0 Å². The van der Waals surface area contributed by atoms with Gasteiger partial charge in [-0.2, -0.15) is 0 Å². The van der Waals surface area contributed by atoms with E-state index in [2.05, 4.69) is 15.5 Å². The smallest absolute Gasteiger partial charge is 0.230 e. The Morgan fingerprint density at radius 2 is 2.12 bits per heavy atom. The van der Waals surface area contributed by atoms with Crippen molar-refractivity contribution in [3.05, 3.63) is 36.2 Å². The molecule has 0 bridgehead atoms. The van der Waals surface area contributed by atoms with Gasteiger partial charge >= 0.3 is 0 Å². The van der Waals surface area contributed by atoms with E-state index in [-0.39, 0.29) is 12.0 Å². The van der Waals surface area contributed by atoms with Gasteiger partial charge in [-0.15, -0.1) is 10.2 Å². The Balaban J connectivity index is 1.63.